The van der Waals surface area contributed by atoms with Crippen LogP contribution in [0.25, 0.3) is 0 Å². The molecule has 0 N–H and O–H groups in total. The number of allylic oxidation sites excluding steroid dienone is 1. The van der Waals surface area contributed by atoms with Crippen molar-refractivity contribution in [2.24, 2.45) is 0 Å². The summed E-state index contributed by atoms with van der Waals surface area (Å²) in [5.74, 6) is 0. The van der Waals surface area contributed by atoms with Crippen molar-refractivity contribution in [1.29, 1.82) is 0 Å². The van der Waals surface area contributed by atoms with E-state index in [1.54, 1.807) is 0 Å². The number of rotatable bonds is 11. The summed E-state index contributed by atoms with van der Waals surface area (Å²) in [5.41, 5.74) is 0. The molecule has 0 aromatic carbocycles. The smallest absolute Gasteiger partial charge is 0.157 e. The summed E-state index contributed by atoms with van der Waals surface area (Å²) >= 11 is 0. The molecule has 1 aliphatic rings. The Morgan fingerprint density at radius 1 is 1.16 bits per heavy atom. The van der Waals surface area contributed by atoms with Crippen LogP contribution in [0.2, 0.25) is 0 Å². The highest BCUT2D eigenvalue weighted by molar-refractivity contribution is 4.65. The van der Waals surface area contributed by atoms with Crippen LogP contribution in [0.1, 0.15) is 77.6 Å². The fourth-order valence-corrected chi connectivity index (χ4v) is 2.57. The second-order valence-corrected chi connectivity index (χ2v) is 5.73. The van der Waals surface area contributed by atoms with Crippen molar-refractivity contribution in [3.8, 4) is 0 Å². The Bertz CT molecular complexity index is 209. The van der Waals surface area contributed by atoms with Crippen LogP contribution in [-0.2, 0) is 9.47 Å². The second-order valence-electron chi connectivity index (χ2n) is 5.73. The van der Waals surface area contributed by atoms with Crippen molar-refractivity contribution in [2.75, 3.05) is 6.61 Å². The monoisotopic (exact) mass is 268 g/mol. The van der Waals surface area contributed by atoms with Gasteiger partial charge in [0.25, 0.3) is 0 Å². The van der Waals surface area contributed by atoms with Gasteiger partial charge in [0.05, 0.1) is 6.10 Å². The lowest BCUT2D eigenvalue weighted by molar-refractivity contribution is -0.185. The summed E-state index contributed by atoms with van der Waals surface area (Å²) in [5, 5.41) is 0. The summed E-state index contributed by atoms with van der Waals surface area (Å²) in [6.45, 7) is 6.81. The van der Waals surface area contributed by atoms with E-state index >= 15 is 0 Å². The topological polar surface area (TPSA) is 18.5 Å². The molecule has 112 valence electrons. The molecule has 0 aromatic rings. The molecule has 0 saturated carbocycles. The first-order valence-corrected chi connectivity index (χ1v) is 8.21. The predicted molar refractivity (Wildman–Crippen MR) is 81.3 cm³/mol. The van der Waals surface area contributed by atoms with Gasteiger partial charge in [-0.25, -0.2) is 0 Å². The minimum atomic E-state index is 0.0719. The van der Waals surface area contributed by atoms with Crippen LogP contribution < -0.4 is 0 Å². The van der Waals surface area contributed by atoms with Crippen molar-refractivity contribution in [3.63, 3.8) is 0 Å². The molecule has 2 atom stereocenters. The largest absolute Gasteiger partial charge is 0.353 e. The summed E-state index contributed by atoms with van der Waals surface area (Å²) in [6.07, 6.45) is 16.3. The number of hydrogen-bond acceptors (Lipinski definition) is 2. The Morgan fingerprint density at radius 2 is 1.89 bits per heavy atom. The van der Waals surface area contributed by atoms with Crippen LogP contribution in [-0.4, -0.2) is 19.0 Å². The van der Waals surface area contributed by atoms with E-state index in [1.165, 1.54) is 64.2 Å². The van der Waals surface area contributed by atoms with Crippen molar-refractivity contribution in [2.45, 2.75) is 89.9 Å². The Morgan fingerprint density at radius 3 is 2.58 bits per heavy atom. The molecule has 0 aromatic heterocycles. The van der Waals surface area contributed by atoms with Crippen LogP contribution in [0.4, 0.5) is 0 Å². The zero-order valence-corrected chi connectivity index (χ0v) is 12.7. The lowest BCUT2D eigenvalue weighted by atomic mass is 10.1. The molecule has 0 spiro atoms. The van der Waals surface area contributed by atoms with Crippen LogP contribution >= 0.6 is 0 Å². The van der Waals surface area contributed by atoms with E-state index in [1.807, 2.05) is 6.08 Å². The average Bonchev–Trinajstić information content (AvgIpc) is 2.43. The normalized spacial score (nSPS) is 21.2. The maximum atomic E-state index is 5.92. The van der Waals surface area contributed by atoms with Crippen LogP contribution in [0, 0.1) is 0 Å². The Kier molecular flexibility index (Phi) is 10.1. The molecular formula is C17H32O2. The van der Waals surface area contributed by atoms with Crippen molar-refractivity contribution < 1.29 is 9.47 Å². The number of unbranched alkanes of at least 4 members (excludes halogenated alkanes) is 6. The second kappa shape index (κ2) is 11.5. The first-order valence-electron chi connectivity index (χ1n) is 8.21. The van der Waals surface area contributed by atoms with E-state index in [0.717, 1.165) is 13.0 Å². The maximum Gasteiger partial charge on any atom is 0.157 e. The highest BCUT2D eigenvalue weighted by Gasteiger charge is 2.16. The summed E-state index contributed by atoms with van der Waals surface area (Å²) in [6, 6.07) is 0. The molecular weight excluding hydrogens is 236 g/mol. The van der Waals surface area contributed by atoms with E-state index < -0.39 is 0 Å². The van der Waals surface area contributed by atoms with Gasteiger partial charge in [-0.2, -0.15) is 0 Å². The summed E-state index contributed by atoms with van der Waals surface area (Å²) in [7, 11) is 0. The molecule has 1 aliphatic heterocycles. The van der Waals surface area contributed by atoms with Gasteiger partial charge in [0.2, 0.25) is 0 Å². The predicted octanol–water partition coefficient (Wildman–Crippen LogP) is 5.22. The Labute approximate surface area is 119 Å². The van der Waals surface area contributed by atoms with Gasteiger partial charge in [0.15, 0.2) is 6.29 Å². The fraction of sp³-hybridized carbons (Fsp3) is 0.882. The van der Waals surface area contributed by atoms with Gasteiger partial charge in [-0.3, -0.25) is 0 Å². The molecule has 1 rings (SSSR count). The molecule has 0 amide bonds. The van der Waals surface area contributed by atoms with Crippen LogP contribution in [0.15, 0.2) is 12.7 Å². The zero-order valence-electron chi connectivity index (χ0n) is 12.7. The van der Waals surface area contributed by atoms with E-state index in [9.17, 15) is 0 Å². The molecule has 1 saturated heterocycles. The number of ether oxygens (including phenoxy) is 2. The maximum absolute atomic E-state index is 5.92. The minimum Gasteiger partial charge on any atom is -0.353 e. The van der Waals surface area contributed by atoms with E-state index in [-0.39, 0.29) is 6.29 Å². The highest BCUT2D eigenvalue weighted by atomic mass is 16.7. The molecule has 1 heterocycles. The fourth-order valence-electron chi connectivity index (χ4n) is 2.57. The molecule has 2 unspecified atom stereocenters. The minimum absolute atomic E-state index is 0.0719. The van der Waals surface area contributed by atoms with Gasteiger partial charge in [0.1, 0.15) is 0 Å². The molecule has 2 nitrogen and oxygen atoms in total. The van der Waals surface area contributed by atoms with Crippen LogP contribution in [0.3, 0.4) is 0 Å². The summed E-state index contributed by atoms with van der Waals surface area (Å²) < 4.78 is 11.5. The standard InChI is InChI=1S/C17H32O2/c1-3-4-5-6-7-8-9-10-13-16(2)19-17-14-11-12-15-18-17/h3,16-17H,1,4-15H2,2H3. The highest BCUT2D eigenvalue weighted by Crippen LogP contribution is 2.18. The third-order valence-electron chi connectivity index (χ3n) is 3.79. The van der Waals surface area contributed by atoms with Gasteiger partial charge in [-0.1, -0.05) is 38.2 Å². The Hall–Kier alpha value is -0.340. The lowest BCUT2D eigenvalue weighted by Gasteiger charge is -2.26. The molecule has 2 heteroatoms. The van der Waals surface area contributed by atoms with Gasteiger partial charge in [0, 0.05) is 6.61 Å². The average molecular weight is 268 g/mol. The molecule has 19 heavy (non-hydrogen) atoms. The SMILES string of the molecule is C=CCCCCCCCCC(C)OC1CCCCO1. The van der Waals surface area contributed by atoms with Crippen molar-refractivity contribution >= 4 is 0 Å². The van der Waals surface area contributed by atoms with Gasteiger partial charge in [-0.15, -0.1) is 6.58 Å². The Balaban J connectivity index is 1.86. The van der Waals surface area contributed by atoms with Crippen molar-refractivity contribution in [1.82, 2.24) is 0 Å². The van der Waals surface area contributed by atoms with Crippen LogP contribution in [0.5, 0.6) is 0 Å². The first-order chi connectivity index (χ1) is 9.33. The summed E-state index contributed by atoms with van der Waals surface area (Å²) in [4.78, 5) is 0. The molecule has 0 aliphatic carbocycles. The molecule has 0 bridgehead atoms. The van der Waals surface area contributed by atoms with E-state index in [2.05, 4.69) is 13.5 Å². The van der Waals surface area contributed by atoms with E-state index in [4.69, 9.17) is 9.47 Å². The van der Waals surface area contributed by atoms with Gasteiger partial charge >= 0.3 is 0 Å². The molecule has 1 fully saturated rings. The first kappa shape index (κ1) is 16.7. The zero-order chi connectivity index (χ0) is 13.8. The number of hydrogen-bond donors (Lipinski definition) is 0. The van der Waals surface area contributed by atoms with Gasteiger partial charge in [-0.05, 0) is 45.4 Å². The lowest BCUT2D eigenvalue weighted by Crippen LogP contribution is -2.26. The van der Waals surface area contributed by atoms with E-state index in [0.29, 0.717) is 6.10 Å². The third-order valence-corrected chi connectivity index (χ3v) is 3.79. The third kappa shape index (κ3) is 9.23. The quantitative estimate of drug-likeness (QED) is 0.377. The molecule has 0 radical (unpaired) electrons. The van der Waals surface area contributed by atoms with Crippen molar-refractivity contribution in [3.05, 3.63) is 12.7 Å². The van der Waals surface area contributed by atoms with Gasteiger partial charge < -0.3 is 9.47 Å².